The van der Waals surface area contributed by atoms with Gasteiger partial charge in [0.2, 0.25) is 5.91 Å². The van der Waals surface area contributed by atoms with Crippen molar-refractivity contribution < 1.29 is 58.2 Å². The molecule has 4 N–H and O–H groups in total. The molecule has 28 heteroatoms. The van der Waals surface area contributed by atoms with Gasteiger partial charge < -0.3 is 30.7 Å². The highest BCUT2D eigenvalue weighted by Gasteiger charge is 2.63. The molecule has 6 unspecified atom stereocenters. The molecule has 0 radical (unpaired) electrons. The number of alkyl halides is 10. The molecule has 4 aromatic carbocycles. The molecule has 0 spiro atoms. The van der Waals surface area contributed by atoms with Crippen molar-refractivity contribution in [2.24, 2.45) is 23.7 Å². The van der Waals surface area contributed by atoms with Gasteiger partial charge >= 0.3 is 6.18 Å². The summed E-state index contributed by atoms with van der Waals surface area (Å²) in [7, 11) is 1.69. The van der Waals surface area contributed by atoms with Crippen LogP contribution in [-0.2, 0) is 65.4 Å². The molecule has 0 saturated heterocycles. The van der Waals surface area contributed by atoms with E-state index in [1.807, 2.05) is 88.3 Å². The average Bonchev–Trinajstić information content (AvgIpc) is 1.52. The minimum absolute atomic E-state index is 0.0277. The van der Waals surface area contributed by atoms with Gasteiger partial charge in [-0.15, -0.1) is 0 Å². The van der Waals surface area contributed by atoms with Crippen molar-refractivity contribution in [3.8, 4) is 11.8 Å². The van der Waals surface area contributed by atoms with Gasteiger partial charge in [0.15, 0.2) is 17.1 Å². The van der Waals surface area contributed by atoms with Gasteiger partial charge in [0.25, 0.3) is 17.8 Å². The second-order valence-electron chi connectivity index (χ2n) is 35.7. The summed E-state index contributed by atoms with van der Waals surface area (Å²) in [5, 5.41) is 41.9. The van der Waals surface area contributed by atoms with Gasteiger partial charge in [-0.3, -0.25) is 28.2 Å². The lowest BCUT2D eigenvalue weighted by atomic mass is 9.86. The van der Waals surface area contributed by atoms with Crippen LogP contribution in [0.1, 0.15) is 320 Å². The lowest BCUT2D eigenvalue weighted by Crippen LogP contribution is -2.22. The molecule has 1 saturated carbocycles. The summed E-state index contributed by atoms with van der Waals surface area (Å²) in [5.41, 5.74) is 17.1. The molecule has 0 bridgehead atoms. The van der Waals surface area contributed by atoms with Crippen molar-refractivity contribution in [3.63, 3.8) is 0 Å². The number of para-hydroxylation sites is 1. The number of fused-ring (bicyclic) bond motifs is 9. The number of nitrogens with zero attached hydrogens (tertiary/aromatic N) is 11. The molecule has 16 rings (SSSR count). The third kappa shape index (κ3) is 20.6. The maximum atomic E-state index is 14.6. The third-order valence-corrected chi connectivity index (χ3v) is 22.6. The predicted octanol–water partition coefficient (Wildman–Crippen LogP) is 24.8. The molecule has 121 heavy (non-hydrogen) atoms. The van der Waals surface area contributed by atoms with E-state index < -0.39 is 35.3 Å². The maximum absolute atomic E-state index is 14.6. The number of rotatable bonds is 13. The second-order valence-corrected chi connectivity index (χ2v) is 35.7. The van der Waals surface area contributed by atoms with Gasteiger partial charge in [-0.05, 0) is 191 Å². The highest BCUT2D eigenvalue weighted by atomic mass is 19.4. The molecule has 5 aromatic heterocycles. The Hall–Kier alpha value is -9.75. The summed E-state index contributed by atoms with van der Waals surface area (Å²) >= 11 is 0. The van der Waals surface area contributed by atoms with E-state index in [-0.39, 0.29) is 88.9 Å². The number of allylic oxidation sites excluding steroid dienone is 2. The summed E-state index contributed by atoms with van der Waals surface area (Å²) in [4.78, 5) is 11.9. The first-order chi connectivity index (χ1) is 56.2. The third-order valence-electron chi connectivity index (χ3n) is 22.6. The van der Waals surface area contributed by atoms with Gasteiger partial charge in [-0.1, -0.05) is 117 Å². The lowest BCUT2D eigenvalue weighted by Gasteiger charge is -2.20. The Morgan fingerprint density at radius 2 is 1.07 bits per heavy atom. The van der Waals surface area contributed by atoms with E-state index in [1.165, 1.54) is 50.3 Å². The van der Waals surface area contributed by atoms with Crippen molar-refractivity contribution in [2.45, 2.75) is 295 Å². The van der Waals surface area contributed by atoms with Crippen LogP contribution in [0, 0.1) is 55.8 Å². The molecule has 7 aliphatic rings. The van der Waals surface area contributed by atoms with E-state index in [0.29, 0.717) is 77.3 Å². The van der Waals surface area contributed by atoms with Crippen LogP contribution >= 0.6 is 0 Å². The number of benzene rings is 4. The van der Waals surface area contributed by atoms with E-state index in [2.05, 4.69) is 158 Å². The predicted molar refractivity (Wildman–Crippen MR) is 458 cm³/mol. The van der Waals surface area contributed by atoms with Crippen molar-refractivity contribution in [1.82, 2.24) is 54.2 Å². The number of nitriles is 1. The molecular weight excluding hydrogens is 1570 g/mol. The minimum Gasteiger partial charge on any atom is -0.497 e. The molecule has 1 amide bonds. The molecule has 2 aliphatic carbocycles. The zero-order valence-electron chi connectivity index (χ0n) is 75.0. The number of aromatic nitrogens is 10. The largest absolute Gasteiger partial charge is 0.497 e. The number of halogens is 10. The molecule has 10 heterocycles. The lowest BCUT2D eigenvalue weighted by molar-refractivity contribution is -0.140. The van der Waals surface area contributed by atoms with E-state index in [1.54, 1.807) is 64.8 Å². The summed E-state index contributed by atoms with van der Waals surface area (Å²) in [6.45, 7) is 56.7. The number of carbonyl (C=O) groups excluding carboxylic acids is 1. The molecular formula is C93H123F10N15O3. The number of ether oxygens (including phenoxy) is 2. The highest BCUT2D eigenvalue weighted by Crippen LogP contribution is 2.67. The van der Waals surface area contributed by atoms with E-state index >= 15 is 0 Å². The van der Waals surface area contributed by atoms with E-state index in [0.717, 1.165) is 83.9 Å². The fourth-order valence-electron chi connectivity index (χ4n) is 16.9. The van der Waals surface area contributed by atoms with Gasteiger partial charge in [0, 0.05) is 144 Å². The Bertz CT molecular complexity index is 5140. The van der Waals surface area contributed by atoms with Gasteiger partial charge in [-0.25, -0.2) is 4.39 Å². The second kappa shape index (κ2) is 37.1. The van der Waals surface area contributed by atoms with E-state index in [9.17, 15) is 48.7 Å². The van der Waals surface area contributed by atoms with Crippen molar-refractivity contribution in [1.29, 1.82) is 5.26 Å². The topological polar surface area (TPSA) is 197 Å². The number of nitrogens with one attached hydrogen (secondary N) is 4. The fourth-order valence-corrected chi connectivity index (χ4v) is 16.9. The maximum Gasteiger partial charge on any atom is 0.435 e. The van der Waals surface area contributed by atoms with Crippen LogP contribution in [0.2, 0.25) is 0 Å². The number of anilines is 3. The number of aryl methyl sites for hydroxylation is 3. The number of methoxy groups -OCH3 is 1. The highest BCUT2D eigenvalue weighted by molar-refractivity contribution is 6.04. The molecule has 6 atom stereocenters. The number of carbonyl (C=O) groups is 1. The normalized spacial score (nSPS) is 18.9. The van der Waals surface area contributed by atoms with Crippen molar-refractivity contribution in [3.05, 3.63) is 205 Å². The van der Waals surface area contributed by atoms with Gasteiger partial charge in [-0.2, -0.15) is 70.3 Å². The molecule has 5 aliphatic heterocycles. The Kier molecular flexibility index (Phi) is 29.2. The van der Waals surface area contributed by atoms with Gasteiger partial charge in [0.1, 0.15) is 28.9 Å². The van der Waals surface area contributed by atoms with Crippen LogP contribution in [0.5, 0.6) is 5.75 Å². The first-order valence-corrected chi connectivity index (χ1v) is 41.8. The molecule has 18 nitrogen and oxygen atoms in total. The van der Waals surface area contributed by atoms with Crippen LogP contribution in [0.25, 0.3) is 10.9 Å². The van der Waals surface area contributed by atoms with Crippen molar-refractivity contribution >= 4 is 33.9 Å². The Morgan fingerprint density at radius 3 is 1.57 bits per heavy atom. The summed E-state index contributed by atoms with van der Waals surface area (Å²) < 4.78 is 151. The van der Waals surface area contributed by atoms with Crippen molar-refractivity contribution in [2.75, 3.05) is 23.1 Å². The number of hydrogen-bond donors (Lipinski definition) is 4. The summed E-state index contributed by atoms with van der Waals surface area (Å²) in [6, 6.07) is 27.2. The van der Waals surface area contributed by atoms with E-state index in [4.69, 9.17) is 14.7 Å². The van der Waals surface area contributed by atoms with Crippen LogP contribution < -0.4 is 26.0 Å². The SMILES string of the molecule is C=C1Nc2cc(C)ccc2C1C(C)C.C=C1Nc2cc(OC)ccc2C1C(C)C.CC(C)c1cc(C(C)(F)F)nn1C(C)C.CC(C)n1nc(C#N)c2c1C(C)(F)C1CC21.CC(C)n1nc(C(C)(F)F)c2c1CNC2.CC(C)n1nc(C(C)(F)F)c2c1COC2.CC(C)n1nc(C(F)(F)F)c2ccccc21.Cc1ccc(C)c2c1NC(=O)C2C(C)C. The number of hydrogen-bond acceptors (Lipinski definition) is 12. The van der Waals surface area contributed by atoms with Crippen LogP contribution in [0.4, 0.5) is 61.0 Å². The zero-order chi connectivity index (χ0) is 90.3. The summed E-state index contributed by atoms with van der Waals surface area (Å²) in [6.07, 6.45) is -3.53. The summed E-state index contributed by atoms with van der Waals surface area (Å²) in [5.74, 6) is -4.57. The molecule has 9 aromatic rings. The Labute approximate surface area is 706 Å². The first-order valence-electron chi connectivity index (χ1n) is 41.8. The van der Waals surface area contributed by atoms with Crippen LogP contribution in [0.3, 0.4) is 0 Å². The monoisotopic (exact) mass is 1690 g/mol. The fraction of sp³-hybridized carbons (Fsp3) is 0.538. The molecule has 1 fully saturated rings. The van der Waals surface area contributed by atoms with Crippen LogP contribution in [0.15, 0.2) is 103 Å². The number of amides is 1. The van der Waals surface area contributed by atoms with Crippen LogP contribution in [-0.4, -0.2) is 61.9 Å². The van der Waals surface area contributed by atoms with Gasteiger partial charge in [0.05, 0.1) is 48.8 Å². The zero-order valence-corrected chi connectivity index (χ0v) is 75.0. The molecule has 658 valence electrons. The standard InChI is InChI=1S/2C13H17NO.C13H17N.C12H14FN3.C11H11F3N2.C11H18F2N2.C10H15F2N3.C10H14F2N2O/c1-8(2)13-9(3)14-12-7-10(15-4)5-6-11(12)13;1-7(2)10-11-8(3)5-6-9(4)12(11)14-13(10)15;1-8(2)13-10(4)14-12-7-9(3)5-6-11(12)13;1-6(2)16-11-10(9(5-14)15-16)7-4-8(7)12(11,3)13;1-7(2)16-9-6-4-3-5-8(9)10(15-16)11(12,13)14;1-7(2)9-6-10(11(5,12)13)14-15(9)8(3)4;1-6(2)15-8-5-13-4-7(8)9(14-15)10(3,11)12;1-6(2)14-8-5-15-4-7(8)9(13-14)10(3,11)12/h5-8,13-14H,3H2,1-2,4H3;5-7,10H,1-4H3,(H,14,15);5-8,13-14H,4H2,1-3H3;6-8H,4H2,1-3H3;3-7H,1-2H3;6-8H,1-5H3;6,13H,4-5H2,1-3H3;6H,4-5H2,1-3H3. The smallest absolute Gasteiger partial charge is 0.435 e. The first kappa shape index (κ1) is 95.1. The average molecular weight is 1690 g/mol. The quantitative estimate of drug-likeness (QED) is 0.0799. The minimum atomic E-state index is -4.40. The Balaban J connectivity index is 0.000000157. The Morgan fingerprint density at radius 1 is 0.562 bits per heavy atom.